The highest BCUT2D eigenvalue weighted by molar-refractivity contribution is 6.01. The van der Waals surface area contributed by atoms with Gasteiger partial charge in [-0.1, -0.05) is 48.5 Å². The van der Waals surface area contributed by atoms with Gasteiger partial charge in [-0.05, 0) is 30.5 Å². The highest BCUT2D eigenvalue weighted by Crippen LogP contribution is 2.26. The van der Waals surface area contributed by atoms with E-state index in [1.165, 1.54) is 0 Å². The first kappa shape index (κ1) is 16.4. The molecule has 2 aromatic carbocycles. The van der Waals surface area contributed by atoms with Crippen LogP contribution in [0.3, 0.4) is 0 Å². The van der Waals surface area contributed by atoms with Gasteiger partial charge in [-0.2, -0.15) is 0 Å². The van der Waals surface area contributed by atoms with Gasteiger partial charge in [0, 0.05) is 24.0 Å². The zero-order valence-electron chi connectivity index (χ0n) is 14.5. The summed E-state index contributed by atoms with van der Waals surface area (Å²) in [6.07, 6.45) is 1.44. The van der Waals surface area contributed by atoms with Crippen LogP contribution in [0.25, 0.3) is 10.9 Å². The monoisotopic (exact) mass is 347 g/mol. The average Bonchev–Trinajstić information content (AvgIpc) is 3.28. The standard InChI is InChI=1S/C21H21N3O2/c22-20(25)18-11-6-12-23(18)21(26)19-13-16-9-4-5-10-17(16)24(19)14-15-7-2-1-3-8-15/h1-5,7-10,13,18H,6,11-12,14H2,(H2,22,25). The van der Waals surface area contributed by atoms with Gasteiger partial charge in [-0.15, -0.1) is 0 Å². The first-order valence-corrected chi connectivity index (χ1v) is 8.87. The molecule has 1 atom stereocenters. The van der Waals surface area contributed by atoms with Gasteiger partial charge in [0.05, 0.1) is 0 Å². The van der Waals surface area contributed by atoms with Crippen LogP contribution >= 0.6 is 0 Å². The van der Waals surface area contributed by atoms with Gasteiger partial charge in [-0.3, -0.25) is 9.59 Å². The smallest absolute Gasteiger partial charge is 0.271 e. The Hall–Kier alpha value is -3.08. The summed E-state index contributed by atoms with van der Waals surface area (Å²) < 4.78 is 2.03. The van der Waals surface area contributed by atoms with E-state index in [4.69, 9.17) is 5.73 Å². The van der Waals surface area contributed by atoms with Crippen molar-refractivity contribution in [3.8, 4) is 0 Å². The Bertz CT molecular complexity index is 962. The SMILES string of the molecule is NC(=O)C1CCCN1C(=O)c1cc2ccccc2n1Cc1ccccc1. The van der Waals surface area contributed by atoms with Crippen molar-refractivity contribution in [2.75, 3.05) is 6.54 Å². The predicted octanol–water partition coefficient (Wildman–Crippen LogP) is 2.78. The number of amides is 2. The Morgan fingerprint density at radius 2 is 1.77 bits per heavy atom. The number of primary amides is 1. The normalized spacial score (nSPS) is 16.9. The molecular formula is C21H21N3O2. The Morgan fingerprint density at radius 3 is 2.54 bits per heavy atom. The summed E-state index contributed by atoms with van der Waals surface area (Å²) in [5.74, 6) is -0.556. The summed E-state index contributed by atoms with van der Waals surface area (Å²) in [4.78, 5) is 26.6. The lowest BCUT2D eigenvalue weighted by Crippen LogP contribution is -2.44. The van der Waals surface area contributed by atoms with E-state index >= 15 is 0 Å². The molecule has 4 rings (SSSR count). The number of carbonyl (C=O) groups excluding carboxylic acids is 2. The van der Waals surface area contributed by atoms with Crippen LogP contribution < -0.4 is 5.73 Å². The summed E-state index contributed by atoms with van der Waals surface area (Å²) in [5.41, 5.74) is 8.23. The Kier molecular flexibility index (Phi) is 4.21. The molecule has 0 radical (unpaired) electrons. The van der Waals surface area contributed by atoms with Gasteiger partial charge in [0.15, 0.2) is 0 Å². The van der Waals surface area contributed by atoms with Gasteiger partial charge in [0.2, 0.25) is 5.91 Å². The number of hydrogen-bond acceptors (Lipinski definition) is 2. The molecular weight excluding hydrogens is 326 g/mol. The first-order chi connectivity index (χ1) is 12.6. The fourth-order valence-corrected chi connectivity index (χ4v) is 3.78. The number of rotatable bonds is 4. The van der Waals surface area contributed by atoms with Crippen LogP contribution in [-0.2, 0) is 11.3 Å². The van der Waals surface area contributed by atoms with Crippen molar-refractivity contribution >= 4 is 22.7 Å². The third-order valence-electron chi connectivity index (χ3n) is 5.06. The summed E-state index contributed by atoms with van der Waals surface area (Å²) >= 11 is 0. The third-order valence-corrected chi connectivity index (χ3v) is 5.06. The second-order valence-corrected chi connectivity index (χ2v) is 6.72. The Morgan fingerprint density at radius 1 is 1.04 bits per heavy atom. The lowest BCUT2D eigenvalue weighted by molar-refractivity contribution is -0.121. The summed E-state index contributed by atoms with van der Waals surface area (Å²) in [6.45, 7) is 1.17. The van der Waals surface area contributed by atoms with Crippen molar-refractivity contribution in [2.45, 2.75) is 25.4 Å². The minimum absolute atomic E-state index is 0.126. The van der Waals surface area contributed by atoms with Crippen LogP contribution in [-0.4, -0.2) is 33.9 Å². The molecule has 5 heteroatoms. The lowest BCUT2D eigenvalue weighted by atomic mass is 10.2. The molecule has 3 aromatic rings. The van der Waals surface area contributed by atoms with E-state index in [0.29, 0.717) is 25.2 Å². The molecule has 1 fully saturated rings. The maximum atomic E-state index is 13.2. The van der Waals surface area contributed by atoms with Gasteiger partial charge in [-0.25, -0.2) is 0 Å². The van der Waals surface area contributed by atoms with Crippen molar-refractivity contribution in [1.82, 2.24) is 9.47 Å². The van der Waals surface area contributed by atoms with Crippen LogP contribution in [0, 0.1) is 0 Å². The maximum Gasteiger partial charge on any atom is 0.271 e. The van der Waals surface area contributed by atoms with E-state index in [0.717, 1.165) is 22.9 Å². The van der Waals surface area contributed by atoms with Crippen molar-refractivity contribution in [2.24, 2.45) is 5.73 Å². The third kappa shape index (κ3) is 2.86. The Balaban J connectivity index is 1.78. The number of hydrogen-bond donors (Lipinski definition) is 1. The predicted molar refractivity (Wildman–Crippen MR) is 101 cm³/mol. The number of nitrogens with two attached hydrogens (primary N) is 1. The minimum atomic E-state index is -0.509. The number of para-hydroxylation sites is 1. The van der Waals surface area contributed by atoms with Crippen molar-refractivity contribution in [1.29, 1.82) is 0 Å². The number of fused-ring (bicyclic) bond motifs is 1. The summed E-state index contributed by atoms with van der Waals surface area (Å²) in [7, 11) is 0. The number of likely N-dealkylation sites (tertiary alicyclic amines) is 1. The van der Waals surface area contributed by atoms with Gasteiger partial charge in [0.1, 0.15) is 11.7 Å². The summed E-state index contributed by atoms with van der Waals surface area (Å²) in [5, 5.41) is 1.02. The van der Waals surface area contributed by atoms with E-state index in [9.17, 15) is 9.59 Å². The molecule has 1 aliphatic rings. The van der Waals surface area contributed by atoms with Crippen LogP contribution in [0.4, 0.5) is 0 Å². The molecule has 5 nitrogen and oxygen atoms in total. The summed E-state index contributed by atoms with van der Waals surface area (Å²) in [6, 6.07) is 19.4. The second-order valence-electron chi connectivity index (χ2n) is 6.72. The Labute approximate surface area is 152 Å². The number of aromatic nitrogens is 1. The topological polar surface area (TPSA) is 68.3 Å². The quantitative estimate of drug-likeness (QED) is 0.788. The lowest BCUT2D eigenvalue weighted by Gasteiger charge is -2.23. The molecule has 2 heterocycles. The van der Waals surface area contributed by atoms with Crippen molar-refractivity contribution in [3.05, 3.63) is 71.9 Å². The highest BCUT2D eigenvalue weighted by atomic mass is 16.2. The molecule has 1 saturated heterocycles. The highest BCUT2D eigenvalue weighted by Gasteiger charge is 2.34. The van der Waals surface area contributed by atoms with Crippen LogP contribution in [0.15, 0.2) is 60.7 Å². The number of benzene rings is 2. The van der Waals surface area contributed by atoms with E-state index in [-0.39, 0.29) is 5.91 Å². The first-order valence-electron chi connectivity index (χ1n) is 8.87. The molecule has 1 aliphatic heterocycles. The van der Waals surface area contributed by atoms with Crippen LogP contribution in [0.2, 0.25) is 0 Å². The van der Waals surface area contributed by atoms with E-state index in [1.807, 2.05) is 65.2 Å². The molecule has 0 spiro atoms. The molecule has 132 valence electrons. The van der Waals surface area contributed by atoms with Gasteiger partial charge >= 0.3 is 0 Å². The number of carbonyl (C=O) groups is 2. The van der Waals surface area contributed by atoms with Crippen molar-refractivity contribution < 1.29 is 9.59 Å². The molecule has 26 heavy (non-hydrogen) atoms. The number of nitrogens with zero attached hydrogens (tertiary/aromatic N) is 2. The van der Waals surface area contributed by atoms with Crippen molar-refractivity contribution in [3.63, 3.8) is 0 Å². The van der Waals surface area contributed by atoms with Crippen LogP contribution in [0.1, 0.15) is 28.9 Å². The van der Waals surface area contributed by atoms with Gasteiger partial charge < -0.3 is 15.2 Å². The largest absolute Gasteiger partial charge is 0.368 e. The molecule has 2 amide bonds. The minimum Gasteiger partial charge on any atom is -0.368 e. The van der Waals surface area contributed by atoms with E-state index in [1.54, 1.807) is 4.90 Å². The molecule has 1 aromatic heterocycles. The van der Waals surface area contributed by atoms with E-state index < -0.39 is 11.9 Å². The van der Waals surface area contributed by atoms with Crippen LogP contribution in [0.5, 0.6) is 0 Å². The molecule has 1 unspecified atom stereocenters. The maximum absolute atomic E-state index is 13.2. The second kappa shape index (κ2) is 6.67. The molecule has 0 aliphatic carbocycles. The fourth-order valence-electron chi connectivity index (χ4n) is 3.78. The molecule has 0 bridgehead atoms. The molecule has 0 saturated carbocycles. The molecule has 2 N–H and O–H groups in total. The zero-order valence-corrected chi connectivity index (χ0v) is 14.5. The average molecular weight is 347 g/mol. The fraction of sp³-hybridized carbons (Fsp3) is 0.238. The zero-order chi connectivity index (χ0) is 18.1. The van der Waals surface area contributed by atoms with Gasteiger partial charge in [0.25, 0.3) is 5.91 Å². The van der Waals surface area contributed by atoms with E-state index in [2.05, 4.69) is 0 Å².